The zero-order valence-electron chi connectivity index (χ0n) is 25.3. The fourth-order valence-electron chi connectivity index (χ4n) is 9.54. The van der Waals surface area contributed by atoms with E-state index < -0.39 is 24.7 Å². The van der Waals surface area contributed by atoms with Gasteiger partial charge in [-0.05, 0) is 112 Å². The van der Waals surface area contributed by atoms with Crippen LogP contribution in [0, 0.1) is 47.3 Å². The van der Waals surface area contributed by atoms with E-state index in [4.69, 9.17) is 0 Å². The van der Waals surface area contributed by atoms with Crippen molar-refractivity contribution in [3.8, 4) is 0 Å². The maximum atomic E-state index is 15.5. The molecule has 0 bridgehead atoms. The molecule has 0 nitrogen and oxygen atoms in total. The Morgan fingerprint density at radius 3 is 1.38 bits per heavy atom. The highest BCUT2D eigenvalue weighted by Crippen LogP contribution is 2.49. The molecule has 0 saturated heterocycles. The van der Waals surface area contributed by atoms with E-state index in [9.17, 15) is 8.78 Å². The maximum Gasteiger partial charge on any atom is 0.134 e. The molecule has 0 aliphatic heterocycles. The molecule has 4 fully saturated rings. The van der Waals surface area contributed by atoms with Gasteiger partial charge < -0.3 is 0 Å². The number of unbranched alkanes of at least 4 members (excludes halogenated alkanes) is 3. The molecule has 0 aromatic heterocycles. The van der Waals surface area contributed by atoms with E-state index in [0.29, 0.717) is 17.8 Å². The van der Waals surface area contributed by atoms with Crippen LogP contribution in [0.15, 0.2) is 0 Å². The average molecular weight is 557 g/mol. The third-order valence-corrected chi connectivity index (χ3v) is 12.1. The molecule has 4 aliphatic carbocycles. The molecule has 0 spiro atoms. The van der Waals surface area contributed by atoms with Gasteiger partial charge in [-0.1, -0.05) is 84.5 Å². The molecule has 0 aromatic rings. The zero-order valence-corrected chi connectivity index (χ0v) is 25.3. The summed E-state index contributed by atoms with van der Waals surface area (Å²) >= 11 is 0. The summed E-state index contributed by atoms with van der Waals surface area (Å²) in [5.41, 5.74) is 0. The second-order valence-corrected chi connectivity index (χ2v) is 14.6. The zero-order chi connectivity index (χ0) is 27.8. The minimum absolute atomic E-state index is 0.0606. The lowest BCUT2D eigenvalue weighted by Crippen LogP contribution is -2.45. The standard InChI is InChI=1S/C35H60F4/c1-3-5-6-7-9-28-20-21-29(33(37)32(28)36)19-14-25-12-17-27(18-13-25)31-23-22-30(34(38)35(31)39)26-15-10-24(8-4-2)11-16-26/h24-35H,3-23H2,1-2H3. The fraction of sp³-hybridized carbons (Fsp3) is 1.00. The molecule has 0 heterocycles. The Labute approximate surface area is 238 Å². The Balaban J connectivity index is 1.15. The van der Waals surface area contributed by atoms with Crippen molar-refractivity contribution >= 4 is 0 Å². The summed E-state index contributed by atoms with van der Waals surface area (Å²) in [5.74, 6) is 1.68. The van der Waals surface area contributed by atoms with Crippen molar-refractivity contribution in [3.05, 3.63) is 0 Å². The predicted octanol–water partition coefficient (Wildman–Crippen LogP) is 11.6. The first-order valence-electron chi connectivity index (χ1n) is 17.5. The molecule has 8 unspecified atom stereocenters. The van der Waals surface area contributed by atoms with Crippen LogP contribution in [0.1, 0.15) is 149 Å². The van der Waals surface area contributed by atoms with Crippen LogP contribution in [0.3, 0.4) is 0 Å². The summed E-state index contributed by atoms with van der Waals surface area (Å²) in [7, 11) is 0. The molecular formula is C35H60F4. The Hall–Kier alpha value is -0.280. The number of hydrogen-bond acceptors (Lipinski definition) is 0. The molecule has 0 N–H and O–H groups in total. The van der Waals surface area contributed by atoms with Gasteiger partial charge in [-0.3, -0.25) is 0 Å². The number of halogens is 4. The second kappa shape index (κ2) is 15.8. The van der Waals surface area contributed by atoms with Crippen molar-refractivity contribution < 1.29 is 17.6 Å². The SMILES string of the molecule is CCCCCCC1CCC(CCC2CCC(C3CCC(C4CCC(CCC)CC4)C(F)C3F)CC2)C(F)C1F. The Bertz CT molecular complexity index is 668. The molecule has 4 heteroatoms. The van der Waals surface area contributed by atoms with E-state index in [2.05, 4.69) is 13.8 Å². The largest absolute Gasteiger partial charge is 0.244 e. The van der Waals surface area contributed by atoms with Crippen LogP contribution in [0.25, 0.3) is 0 Å². The molecule has 39 heavy (non-hydrogen) atoms. The molecule has 8 atom stereocenters. The molecule has 4 saturated carbocycles. The average Bonchev–Trinajstić information content (AvgIpc) is 2.95. The van der Waals surface area contributed by atoms with Crippen LogP contribution in [-0.4, -0.2) is 24.7 Å². The summed E-state index contributed by atoms with van der Waals surface area (Å²) in [6, 6.07) is 0. The van der Waals surface area contributed by atoms with Gasteiger partial charge in [0, 0.05) is 0 Å². The van der Waals surface area contributed by atoms with Crippen LogP contribution in [-0.2, 0) is 0 Å². The highest BCUT2D eigenvalue weighted by Gasteiger charge is 2.47. The van der Waals surface area contributed by atoms with E-state index in [1.54, 1.807) is 0 Å². The first-order chi connectivity index (χ1) is 18.9. The van der Waals surface area contributed by atoms with Gasteiger partial charge in [-0.25, -0.2) is 17.6 Å². The van der Waals surface area contributed by atoms with Gasteiger partial charge in [0.15, 0.2) is 0 Å². The van der Waals surface area contributed by atoms with E-state index in [0.717, 1.165) is 102 Å². The monoisotopic (exact) mass is 556 g/mol. The van der Waals surface area contributed by atoms with Gasteiger partial charge >= 0.3 is 0 Å². The minimum Gasteiger partial charge on any atom is -0.244 e. The van der Waals surface area contributed by atoms with Crippen LogP contribution in [0.2, 0.25) is 0 Å². The Morgan fingerprint density at radius 1 is 0.410 bits per heavy atom. The first kappa shape index (κ1) is 31.7. The molecule has 228 valence electrons. The van der Waals surface area contributed by atoms with Crippen molar-refractivity contribution in [3.63, 3.8) is 0 Å². The van der Waals surface area contributed by atoms with Crippen molar-refractivity contribution in [1.82, 2.24) is 0 Å². The Kier molecular flexibility index (Phi) is 12.8. The van der Waals surface area contributed by atoms with Gasteiger partial charge in [0.05, 0.1) is 0 Å². The number of rotatable bonds is 12. The van der Waals surface area contributed by atoms with Gasteiger partial charge in [0.25, 0.3) is 0 Å². The molecular weight excluding hydrogens is 496 g/mol. The Morgan fingerprint density at radius 2 is 0.897 bits per heavy atom. The maximum absolute atomic E-state index is 15.5. The third kappa shape index (κ3) is 8.39. The molecule has 0 amide bonds. The van der Waals surface area contributed by atoms with Crippen LogP contribution < -0.4 is 0 Å². The lowest BCUT2D eigenvalue weighted by Gasteiger charge is -2.45. The van der Waals surface area contributed by atoms with E-state index in [-0.39, 0.29) is 23.7 Å². The molecule has 4 rings (SSSR count). The highest BCUT2D eigenvalue weighted by atomic mass is 19.2. The van der Waals surface area contributed by atoms with Gasteiger partial charge in [-0.15, -0.1) is 0 Å². The first-order valence-corrected chi connectivity index (χ1v) is 17.5. The third-order valence-electron chi connectivity index (χ3n) is 12.1. The smallest absolute Gasteiger partial charge is 0.134 e. The summed E-state index contributed by atoms with van der Waals surface area (Å²) in [4.78, 5) is 0. The van der Waals surface area contributed by atoms with Gasteiger partial charge in [0.2, 0.25) is 0 Å². The van der Waals surface area contributed by atoms with Crippen molar-refractivity contribution in [1.29, 1.82) is 0 Å². The number of alkyl halides is 4. The van der Waals surface area contributed by atoms with E-state index in [1.807, 2.05) is 0 Å². The normalized spacial score (nSPS) is 43.8. The van der Waals surface area contributed by atoms with E-state index in [1.165, 1.54) is 38.5 Å². The summed E-state index contributed by atoms with van der Waals surface area (Å²) in [6.45, 7) is 4.42. The van der Waals surface area contributed by atoms with Crippen LogP contribution in [0.4, 0.5) is 17.6 Å². The van der Waals surface area contributed by atoms with E-state index >= 15 is 8.78 Å². The highest BCUT2D eigenvalue weighted by molar-refractivity contribution is 4.96. The minimum atomic E-state index is -1.29. The number of hydrogen-bond donors (Lipinski definition) is 0. The molecule has 0 radical (unpaired) electrons. The molecule has 4 aliphatic rings. The summed E-state index contributed by atoms with van der Waals surface area (Å²) in [5, 5.41) is 0. The fourth-order valence-corrected chi connectivity index (χ4v) is 9.54. The quantitative estimate of drug-likeness (QED) is 0.166. The van der Waals surface area contributed by atoms with Crippen molar-refractivity contribution in [2.24, 2.45) is 47.3 Å². The topological polar surface area (TPSA) is 0 Å². The van der Waals surface area contributed by atoms with Crippen LogP contribution in [0.5, 0.6) is 0 Å². The van der Waals surface area contributed by atoms with Gasteiger partial charge in [0.1, 0.15) is 24.7 Å². The summed E-state index contributed by atoms with van der Waals surface area (Å²) in [6.07, 6.45) is 16.7. The predicted molar refractivity (Wildman–Crippen MR) is 156 cm³/mol. The lowest BCUT2D eigenvalue weighted by molar-refractivity contribution is -0.0375. The second-order valence-electron chi connectivity index (χ2n) is 14.6. The van der Waals surface area contributed by atoms with Crippen LogP contribution >= 0.6 is 0 Å². The lowest BCUT2D eigenvalue weighted by atomic mass is 9.63. The summed E-state index contributed by atoms with van der Waals surface area (Å²) < 4.78 is 60.7. The van der Waals surface area contributed by atoms with Gasteiger partial charge in [-0.2, -0.15) is 0 Å². The molecule has 0 aromatic carbocycles. The van der Waals surface area contributed by atoms with Crippen molar-refractivity contribution in [2.45, 2.75) is 173 Å². The van der Waals surface area contributed by atoms with Crippen molar-refractivity contribution in [2.75, 3.05) is 0 Å².